The van der Waals surface area contributed by atoms with Crippen LogP contribution in [-0.4, -0.2) is 51.6 Å². The van der Waals surface area contributed by atoms with Crippen LogP contribution in [0.1, 0.15) is 28.9 Å². The van der Waals surface area contributed by atoms with Gasteiger partial charge in [0.05, 0.1) is 0 Å². The van der Waals surface area contributed by atoms with Crippen LogP contribution in [0.15, 0.2) is 27.4 Å². The molecule has 0 atom stereocenters. The molecule has 0 saturated carbocycles. The predicted molar refractivity (Wildman–Crippen MR) is 98.1 cm³/mol. The number of fused-ring (bicyclic) bond motifs is 1. The van der Waals surface area contributed by atoms with Crippen LogP contribution in [0.2, 0.25) is 0 Å². The predicted octanol–water partition coefficient (Wildman–Crippen LogP) is 1.58. The van der Waals surface area contributed by atoms with Crippen LogP contribution in [0.25, 0.3) is 4.96 Å². The van der Waals surface area contributed by atoms with Crippen LogP contribution in [0.4, 0.5) is 5.13 Å². The molecule has 0 radical (unpaired) electrons. The highest BCUT2D eigenvalue weighted by atomic mass is 32.1. The van der Waals surface area contributed by atoms with Crippen molar-refractivity contribution in [2.75, 3.05) is 31.1 Å². The molecule has 1 fully saturated rings. The Balaban J connectivity index is 1.49. The number of carbonyl (C=O) groups is 1. The van der Waals surface area contributed by atoms with Gasteiger partial charge in [0.1, 0.15) is 5.76 Å². The normalized spacial score (nSPS) is 15.0. The molecule has 8 nitrogen and oxygen atoms in total. The van der Waals surface area contributed by atoms with Crippen molar-refractivity contribution in [3.05, 3.63) is 45.8 Å². The lowest BCUT2D eigenvalue weighted by molar-refractivity contribution is 0.0713. The van der Waals surface area contributed by atoms with Gasteiger partial charge in [-0.05, 0) is 25.5 Å². The maximum atomic E-state index is 12.5. The van der Waals surface area contributed by atoms with Gasteiger partial charge in [-0.1, -0.05) is 18.3 Å². The molecule has 4 heterocycles. The lowest BCUT2D eigenvalue weighted by Gasteiger charge is -2.33. The van der Waals surface area contributed by atoms with Crippen molar-refractivity contribution in [2.45, 2.75) is 20.3 Å². The molecule has 0 aromatic carbocycles. The largest absolute Gasteiger partial charge is 0.456 e. The average molecular weight is 373 g/mol. The number of aromatic nitrogens is 3. The van der Waals surface area contributed by atoms with Crippen LogP contribution < -0.4 is 10.5 Å². The van der Waals surface area contributed by atoms with Gasteiger partial charge in [-0.3, -0.25) is 9.59 Å². The molecule has 0 aliphatic carbocycles. The number of anilines is 1. The van der Waals surface area contributed by atoms with Gasteiger partial charge < -0.3 is 14.2 Å². The van der Waals surface area contributed by atoms with E-state index >= 15 is 0 Å². The molecule has 1 amide bonds. The molecule has 1 aliphatic rings. The van der Waals surface area contributed by atoms with Crippen molar-refractivity contribution in [2.24, 2.45) is 0 Å². The van der Waals surface area contributed by atoms with Crippen molar-refractivity contribution in [3.8, 4) is 0 Å². The first-order valence-electron chi connectivity index (χ1n) is 8.55. The fourth-order valence-corrected chi connectivity index (χ4v) is 3.94. The lowest BCUT2D eigenvalue weighted by Crippen LogP contribution is -2.48. The summed E-state index contributed by atoms with van der Waals surface area (Å²) in [5.41, 5.74) is 0.616. The summed E-state index contributed by atoms with van der Waals surface area (Å²) in [7, 11) is 0. The fraction of sp³-hybridized carbons (Fsp3) is 0.412. The minimum atomic E-state index is -0.156. The Hall–Kier alpha value is -2.68. The van der Waals surface area contributed by atoms with Crippen molar-refractivity contribution in [1.82, 2.24) is 19.5 Å². The van der Waals surface area contributed by atoms with Gasteiger partial charge in [-0.25, -0.2) is 4.98 Å². The first-order valence-corrected chi connectivity index (χ1v) is 9.37. The molecule has 1 saturated heterocycles. The number of amides is 1. The van der Waals surface area contributed by atoms with E-state index in [1.807, 2.05) is 13.8 Å². The second-order valence-electron chi connectivity index (χ2n) is 6.21. The van der Waals surface area contributed by atoms with Gasteiger partial charge in [0.25, 0.3) is 11.5 Å². The molecule has 3 aromatic rings. The molecule has 26 heavy (non-hydrogen) atoms. The summed E-state index contributed by atoms with van der Waals surface area (Å²) in [4.78, 5) is 33.5. The monoisotopic (exact) mass is 373 g/mol. The number of hydrogen-bond donors (Lipinski definition) is 0. The van der Waals surface area contributed by atoms with Gasteiger partial charge >= 0.3 is 0 Å². The molecule has 136 valence electrons. The quantitative estimate of drug-likeness (QED) is 0.693. The zero-order valence-corrected chi connectivity index (χ0v) is 15.5. The second kappa shape index (κ2) is 6.56. The minimum Gasteiger partial charge on any atom is -0.456 e. The van der Waals surface area contributed by atoms with E-state index in [1.165, 1.54) is 21.9 Å². The number of furan rings is 1. The molecular weight excluding hydrogens is 354 g/mol. The molecule has 1 aliphatic heterocycles. The van der Waals surface area contributed by atoms with Gasteiger partial charge in [0, 0.05) is 37.9 Å². The number of piperazine rings is 1. The Kier molecular flexibility index (Phi) is 4.23. The first-order chi connectivity index (χ1) is 12.5. The standard InChI is InChI=1S/C17H19N5O3S/c1-3-12-10-14(23)22-16(18-12)26-17(19-22)21-8-6-20(7-9-21)15(24)13-5-4-11(2)25-13/h4-5,10H,3,6-9H2,1-2H3. The Labute approximate surface area is 153 Å². The Bertz CT molecular complexity index is 1010. The van der Waals surface area contributed by atoms with E-state index in [2.05, 4.69) is 15.0 Å². The van der Waals surface area contributed by atoms with E-state index in [1.54, 1.807) is 17.0 Å². The summed E-state index contributed by atoms with van der Waals surface area (Å²) in [6, 6.07) is 5.03. The number of rotatable bonds is 3. The average Bonchev–Trinajstić information content (AvgIpc) is 3.27. The van der Waals surface area contributed by atoms with E-state index in [0.717, 1.165) is 16.6 Å². The van der Waals surface area contributed by atoms with E-state index in [9.17, 15) is 9.59 Å². The fourth-order valence-electron chi connectivity index (χ4n) is 2.96. The molecule has 0 bridgehead atoms. The number of nitrogens with zero attached hydrogens (tertiary/aromatic N) is 5. The molecular formula is C17H19N5O3S. The number of hydrogen-bond acceptors (Lipinski definition) is 7. The Morgan fingerprint density at radius 3 is 2.69 bits per heavy atom. The van der Waals surface area contributed by atoms with Crippen LogP contribution >= 0.6 is 11.3 Å². The van der Waals surface area contributed by atoms with Gasteiger partial charge in [0.15, 0.2) is 5.76 Å². The third-order valence-corrected chi connectivity index (χ3v) is 5.41. The van der Waals surface area contributed by atoms with Crippen molar-refractivity contribution < 1.29 is 9.21 Å². The highest BCUT2D eigenvalue weighted by Gasteiger charge is 2.26. The Morgan fingerprint density at radius 1 is 1.27 bits per heavy atom. The maximum Gasteiger partial charge on any atom is 0.289 e. The second-order valence-corrected chi connectivity index (χ2v) is 7.14. The minimum absolute atomic E-state index is 0.0903. The Morgan fingerprint density at radius 2 is 2.04 bits per heavy atom. The van der Waals surface area contributed by atoms with E-state index in [4.69, 9.17) is 4.42 Å². The van der Waals surface area contributed by atoms with Crippen LogP contribution in [0.5, 0.6) is 0 Å². The third kappa shape index (κ3) is 2.98. The number of carbonyl (C=O) groups excluding carboxylic acids is 1. The van der Waals surface area contributed by atoms with E-state index in [-0.39, 0.29) is 11.5 Å². The smallest absolute Gasteiger partial charge is 0.289 e. The zero-order valence-electron chi connectivity index (χ0n) is 14.6. The molecule has 9 heteroatoms. The molecule has 0 N–H and O–H groups in total. The summed E-state index contributed by atoms with van der Waals surface area (Å²) in [6.07, 6.45) is 0.714. The van der Waals surface area contributed by atoms with E-state index < -0.39 is 0 Å². The molecule has 3 aromatic heterocycles. The molecule has 4 rings (SSSR count). The van der Waals surface area contributed by atoms with Crippen LogP contribution in [-0.2, 0) is 6.42 Å². The highest BCUT2D eigenvalue weighted by molar-refractivity contribution is 7.20. The molecule has 0 unspecified atom stereocenters. The van der Waals surface area contributed by atoms with Crippen molar-refractivity contribution in [3.63, 3.8) is 0 Å². The first kappa shape index (κ1) is 16.8. The molecule has 0 spiro atoms. The summed E-state index contributed by atoms with van der Waals surface area (Å²) in [6.45, 7) is 6.26. The van der Waals surface area contributed by atoms with Gasteiger partial charge in [0.2, 0.25) is 10.1 Å². The van der Waals surface area contributed by atoms with Crippen molar-refractivity contribution >= 4 is 27.3 Å². The summed E-state index contributed by atoms with van der Waals surface area (Å²) in [5, 5.41) is 5.16. The topological polar surface area (TPSA) is 84.0 Å². The highest BCUT2D eigenvalue weighted by Crippen LogP contribution is 2.23. The number of aryl methyl sites for hydroxylation is 2. The van der Waals surface area contributed by atoms with Crippen LogP contribution in [0.3, 0.4) is 0 Å². The van der Waals surface area contributed by atoms with Crippen molar-refractivity contribution in [1.29, 1.82) is 0 Å². The SMILES string of the molecule is CCc1cc(=O)n2nc(N3CCN(C(=O)c4ccc(C)o4)CC3)sc2n1. The summed E-state index contributed by atoms with van der Waals surface area (Å²) < 4.78 is 6.77. The van der Waals surface area contributed by atoms with Gasteiger partial charge in [-0.15, -0.1) is 5.10 Å². The van der Waals surface area contributed by atoms with Gasteiger partial charge in [-0.2, -0.15) is 4.52 Å². The summed E-state index contributed by atoms with van der Waals surface area (Å²) in [5.74, 6) is 1.01. The summed E-state index contributed by atoms with van der Waals surface area (Å²) >= 11 is 1.40. The van der Waals surface area contributed by atoms with Crippen LogP contribution in [0, 0.1) is 6.92 Å². The van der Waals surface area contributed by atoms with E-state index in [0.29, 0.717) is 43.3 Å². The third-order valence-electron chi connectivity index (χ3n) is 4.44. The lowest BCUT2D eigenvalue weighted by atomic mass is 10.3. The maximum absolute atomic E-state index is 12.5. The zero-order chi connectivity index (χ0) is 18.3.